The molecule has 0 saturated carbocycles. The van der Waals surface area contributed by atoms with E-state index >= 15 is 0 Å². The minimum Gasteiger partial charge on any atom is -0.321 e. The zero-order valence-electron chi connectivity index (χ0n) is 9.31. The minimum atomic E-state index is -0.128. The van der Waals surface area contributed by atoms with E-state index in [2.05, 4.69) is 25.9 Å². The fourth-order valence-electron chi connectivity index (χ4n) is 1.45. The lowest BCUT2D eigenvalue weighted by Crippen LogP contribution is -2.25. The van der Waals surface area contributed by atoms with E-state index in [1.165, 1.54) is 6.20 Å². The van der Waals surface area contributed by atoms with Crippen molar-refractivity contribution in [3.05, 3.63) is 44.0 Å². The van der Waals surface area contributed by atoms with Crippen LogP contribution in [0.2, 0.25) is 5.15 Å². The molecular weight excluding hydrogens is 307 g/mol. The molecule has 17 heavy (non-hydrogen) atoms. The molecule has 0 amide bonds. The van der Waals surface area contributed by atoms with Gasteiger partial charge in [-0.3, -0.25) is 9.36 Å². The Kier molecular flexibility index (Phi) is 3.35. The fraction of sp³-hybridized carbons (Fsp3) is 0.300. The van der Waals surface area contributed by atoms with Crippen LogP contribution in [0.4, 0.5) is 0 Å². The summed E-state index contributed by atoms with van der Waals surface area (Å²) in [6.07, 6.45) is 3.06. The van der Waals surface area contributed by atoms with Gasteiger partial charge >= 0.3 is 0 Å². The first-order chi connectivity index (χ1) is 8.00. The summed E-state index contributed by atoms with van der Waals surface area (Å²) in [7, 11) is 1.80. The van der Waals surface area contributed by atoms with Crippen LogP contribution in [0.1, 0.15) is 11.6 Å². The number of hydrogen-bond acceptors (Lipinski definition) is 3. The number of aromatic nitrogens is 4. The minimum absolute atomic E-state index is 0.128. The highest BCUT2D eigenvalue weighted by Gasteiger charge is 2.10. The van der Waals surface area contributed by atoms with E-state index in [4.69, 9.17) is 11.6 Å². The van der Waals surface area contributed by atoms with Crippen LogP contribution in [0, 0.1) is 6.92 Å². The molecule has 0 spiro atoms. The van der Waals surface area contributed by atoms with Gasteiger partial charge < -0.3 is 4.57 Å². The van der Waals surface area contributed by atoms with E-state index < -0.39 is 0 Å². The van der Waals surface area contributed by atoms with Gasteiger partial charge in [0.2, 0.25) is 0 Å². The molecular formula is C10H10BrClN4O. The van der Waals surface area contributed by atoms with E-state index in [1.807, 2.05) is 0 Å². The Bertz CT molecular complexity index is 619. The van der Waals surface area contributed by atoms with Gasteiger partial charge in [-0.1, -0.05) is 11.6 Å². The monoisotopic (exact) mass is 316 g/mol. The second-order valence-electron chi connectivity index (χ2n) is 3.60. The molecule has 0 unspecified atom stereocenters. The lowest BCUT2D eigenvalue weighted by molar-refractivity contribution is 0.641. The van der Waals surface area contributed by atoms with Crippen LogP contribution in [-0.4, -0.2) is 19.1 Å². The summed E-state index contributed by atoms with van der Waals surface area (Å²) in [5.74, 6) is 1.34. The lowest BCUT2D eigenvalue weighted by atomic mass is 10.5. The number of imidazole rings is 1. The Balaban J connectivity index is 2.47. The smallest absolute Gasteiger partial charge is 0.268 e. The highest BCUT2D eigenvalue weighted by Crippen LogP contribution is 2.10. The van der Waals surface area contributed by atoms with E-state index in [1.54, 1.807) is 29.3 Å². The Morgan fingerprint density at radius 3 is 2.71 bits per heavy atom. The first-order valence-electron chi connectivity index (χ1n) is 4.88. The normalized spacial score (nSPS) is 10.8. The number of halogens is 2. The molecule has 0 atom stereocenters. The van der Waals surface area contributed by atoms with Gasteiger partial charge in [0.15, 0.2) is 0 Å². The molecule has 0 bridgehead atoms. The zero-order valence-corrected chi connectivity index (χ0v) is 11.7. The first kappa shape index (κ1) is 12.3. The first-order valence-corrected chi connectivity index (χ1v) is 6.06. The van der Waals surface area contributed by atoms with Gasteiger partial charge in [0.25, 0.3) is 5.56 Å². The van der Waals surface area contributed by atoms with Crippen molar-refractivity contribution in [3.8, 4) is 0 Å². The van der Waals surface area contributed by atoms with Crippen LogP contribution in [0.5, 0.6) is 0 Å². The fourth-order valence-corrected chi connectivity index (χ4v) is 1.91. The van der Waals surface area contributed by atoms with E-state index in [0.29, 0.717) is 27.8 Å². The molecule has 90 valence electrons. The average molecular weight is 318 g/mol. The van der Waals surface area contributed by atoms with Crippen LogP contribution in [0.15, 0.2) is 21.7 Å². The van der Waals surface area contributed by atoms with Gasteiger partial charge in [-0.15, -0.1) is 0 Å². The van der Waals surface area contributed by atoms with Crippen LogP contribution in [0.3, 0.4) is 0 Å². The van der Waals surface area contributed by atoms with Crippen molar-refractivity contribution >= 4 is 27.5 Å². The van der Waals surface area contributed by atoms with E-state index in [9.17, 15) is 4.79 Å². The van der Waals surface area contributed by atoms with Crippen LogP contribution in [0.25, 0.3) is 0 Å². The third kappa shape index (κ3) is 2.28. The Morgan fingerprint density at radius 2 is 2.12 bits per heavy atom. The standard InChI is InChI=1S/C10H10BrClN4O/c1-6-13-3-7(11)10(17)16(6)5-9-14-4-8(12)15(9)2/h3-4H,5H2,1-2H3. The molecule has 0 aromatic carbocycles. The van der Waals surface area contributed by atoms with Crippen molar-refractivity contribution in [2.24, 2.45) is 7.05 Å². The maximum atomic E-state index is 11.9. The predicted octanol–water partition coefficient (Wildman–Crippen LogP) is 1.75. The Morgan fingerprint density at radius 1 is 1.41 bits per heavy atom. The summed E-state index contributed by atoms with van der Waals surface area (Å²) in [4.78, 5) is 20.2. The van der Waals surface area contributed by atoms with Gasteiger partial charge in [0.1, 0.15) is 21.3 Å². The molecule has 2 heterocycles. The third-order valence-corrected chi connectivity index (χ3v) is 3.43. The van der Waals surface area contributed by atoms with E-state index in [-0.39, 0.29) is 5.56 Å². The van der Waals surface area contributed by atoms with Gasteiger partial charge in [0.05, 0.1) is 12.7 Å². The molecule has 5 nitrogen and oxygen atoms in total. The molecule has 2 aromatic heterocycles. The molecule has 0 N–H and O–H groups in total. The number of hydrogen-bond donors (Lipinski definition) is 0. The average Bonchev–Trinajstić information content (AvgIpc) is 2.61. The maximum Gasteiger partial charge on any atom is 0.268 e. The molecule has 0 fully saturated rings. The van der Waals surface area contributed by atoms with Crippen molar-refractivity contribution in [1.29, 1.82) is 0 Å². The number of nitrogens with zero attached hydrogens (tertiary/aromatic N) is 4. The number of rotatable bonds is 2. The molecule has 0 aliphatic carbocycles. The van der Waals surface area contributed by atoms with Crippen molar-refractivity contribution < 1.29 is 0 Å². The summed E-state index contributed by atoms with van der Waals surface area (Å²) >= 11 is 9.06. The summed E-state index contributed by atoms with van der Waals surface area (Å²) < 4.78 is 3.71. The van der Waals surface area contributed by atoms with Crippen molar-refractivity contribution in [3.63, 3.8) is 0 Å². The summed E-state index contributed by atoms with van der Waals surface area (Å²) in [5.41, 5.74) is -0.128. The molecule has 7 heteroatoms. The lowest BCUT2D eigenvalue weighted by Gasteiger charge is -2.09. The molecule has 2 aromatic rings. The summed E-state index contributed by atoms with van der Waals surface area (Å²) in [6.45, 7) is 2.12. The SMILES string of the molecule is Cc1ncc(Br)c(=O)n1Cc1ncc(Cl)n1C. The number of aryl methyl sites for hydroxylation is 1. The van der Waals surface area contributed by atoms with Gasteiger partial charge in [0, 0.05) is 13.2 Å². The molecule has 0 aliphatic rings. The Hall–Kier alpha value is -1.14. The molecule has 0 saturated heterocycles. The van der Waals surface area contributed by atoms with Crippen molar-refractivity contribution in [1.82, 2.24) is 19.1 Å². The zero-order chi connectivity index (χ0) is 12.6. The second-order valence-corrected chi connectivity index (χ2v) is 4.84. The Labute approximate surface area is 111 Å². The highest BCUT2D eigenvalue weighted by molar-refractivity contribution is 9.10. The van der Waals surface area contributed by atoms with Crippen molar-refractivity contribution in [2.45, 2.75) is 13.5 Å². The van der Waals surface area contributed by atoms with E-state index in [0.717, 1.165) is 0 Å². The largest absolute Gasteiger partial charge is 0.321 e. The molecule has 0 radical (unpaired) electrons. The quantitative estimate of drug-likeness (QED) is 0.848. The van der Waals surface area contributed by atoms with Crippen LogP contribution < -0.4 is 5.56 Å². The molecule has 0 aliphatic heterocycles. The van der Waals surface area contributed by atoms with Crippen molar-refractivity contribution in [2.75, 3.05) is 0 Å². The van der Waals surface area contributed by atoms with Crippen LogP contribution in [-0.2, 0) is 13.6 Å². The third-order valence-electron chi connectivity index (χ3n) is 2.53. The van der Waals surface area contributed by atoms with Gasteiger partial charge in [-0.2, -0.15) is 0 Å². The predicted molar refractivity (Wildman–Crippen MR) is 68.3 cm³/mol. The topological polar surface area (TPSA) is 52.7 Å². The summed E-state index contributed by atoms with van der Waals surface area (Å²) in [5, 5.41) is 0.536. The highest BCUT2D eigenvalue weighted by atomic mass is 79.9. The summed E-state index contributed by atoms with van der Waals surface area (Å²) in [6, 6.07) is 0. The maximum absolute atomic E-state index is 11.9. The second kappa shape index (κ2) is 4.62. The molecule has 2 rings (SSSR count). The van der Waals surface area contributed by atoms with Gasteiger partial charge in [-0.25, -0.2) is 9.97 Å². The van der Waals surface area contributed by atoms with Crippen LogP contribution >= 0.6 is 27.5 Å². The van der Waals surface area contributed by atoms with Gasteiger partial charge in [-0.05, 0) is 22.9 Å².